The van der Waals surface area contributed by atoms with E-state index in [0.29, 0.717) is 23.8 Å². The van der Waals surface area contributed by atoms with Crippen molar-refractivity contribution >= 4 is 5.91 Å². The van der Waals surface area contributed by atoms with Crippen LogP contribution in [0.5, 0.6) is 0 Å². The van der Waals surface area contributed by atoms with Gasteiger partial charge in [-0.25, -0.2) is 0 Å². The first-order chi connectivity index (χ1) is 8.54. The van der Waals surface area contributed by atoms with Gasteiger partial charge in [-0.2, -0.15) is 0 Å². The van der Waals surface area contributed by atoms with Gasteiger partial charge in [-0.05, 0) is 11.8 Å². The molecule has 0 aromatic carbocycles. The summed E-state index contributed by atoms with van der Waals surface area (Å²) in [5.74, 6) is 0.311. The Morgan fingerprint density at radius 2 is 1.94 bits per heavy atom. The molecular formula is C14H27N3O. The van der Waals surface area contributed by atoms with Gasteiger partial charge in [0.2, 0.25) is 5.91 Å². The summed E-state index contributed by atoms with van der Waals surface area (Å²) in [5, 5.41) is 3.40. The minimum atomic E-state index is 0.311. The fourth-order valence-corrected chi connectivity index (χ4v) is 3.19. The second-order valence-electron chi connectivity index (χ2n) is 6.23. The van der Waals surface area contributed by atoms with Crippen molar-refractivity contribution in [3.05, 3.63) is 0 Å². The number of nitrogens with one attached hydrogen (secondary N) is 1. The van der Waals surface area contributed by atoms with E-state index < -0.39 is 0 Å². The molecule has 104 valence electrons. The number of rotatable bonds is 2. The smallest absolute Gasteiger partial charge is 0.222 e. The van der Waals surface area contributed by atoms with Crippen LogP contribution in [0, 0.1) is 5.41 Å². The van der Waals surface area contributed by atoms with Crippen molar-refractivity contribution < 1.29 is 4.79 Å². The van der Waals surface area contributed by atoms with Crippen molar-refractivity contribution in [2.75, 3.05) is 39.3 Å². The Labute approximate surface area is 111 Å². The molecule has 0 spiro atoms. The Bertz CT molecular complexity index is 297. The molecule has 0 aromatic rings. The van der Waals surface area contributed by atoms with Gasteiger partial charge in [0, 0.05) is 51.7 Å². The topological polar surface area (TPSA) is 35.6 Å². The summed E-state index contributed by atoms with van der Waals surface area (Å²) in [5.41, 5.74) is 0.321. The van der Waals surface area contributed by atoms with Gasteiger partial charge in [0.25, 0.3) is 0 Å². The zero-order valence-electron chi connectivity index (χ0n) is 12.0. The maximum Gasteiger partial charge on any atom is 0.222 e. The fraction of sp³-hybridized carbons (Fsp3) is 0.929. The van der Waals surface area contributed by atoms with Crippen molar-refractivity contribution in [1.82, 2.24) is 15.1 Å². The first kappa shape index (κ1) is 13.8. The molecule has 4 nitrogen and oxygen atoms in total. The SMILES string of the molecule is CCC(=O)N1CCC(C)(C)C(N2CCNCC2)C1. The summed E-state index contributed by atoms with van der Waals surface area (Å²) in [4.78, 5) is 16.5. The maximum atomic E-state index is 11.9. The summed E-state index contributed by atoms with van der Waals surface area (Å²) in [7, 11) is 0. The zero-order valence-corrected chi connectivity index (χ0v) is 12.0. The lowest BCUT2D eigenvalue weighted by Crippen LogP contribution is -2.61. The van der Waals surface area contributed by atoms with Gasteiger partial charge >= 0.3 is 0 Å². The van der Waals surface area contributed by atoms with Gasteiger partial charge in [-0.15, -0.1) is 0 Å². The molecular weight excluding hydrogens is 226 g/mol. The van der Waals surface area contributed by atoms with E-state index in [1.807, 2.05) is 6.92 Å². The predicted molar refractivity (Wildman–Crippen MR) is 73.5 cm³/mol. The molecule has 18 heavy (non-hydrogen) atoms. The van der Waals surface area contributed by atoms with Crippen molar-refractivity contribution in [3.63, 3.8) is 0 Å². The lowest BCUT2D eigenvalue weighted by molar-refractivity contribution is -0.135. The monoisotopic (exact) mass is 253 g/mol. The van der Waals surface area contributed by atoms with Crippen LogP contribution in [0.1, 0.15) is 33.6 Å². The van der Waals surface area contributed by atoms with E-state index in [2.05, 4.69) is 29.0 Å². The first-order valence-electron chi connectivity index (χ1n) is 7.27. The quantitative estimate of drug-likeness (QED) is 0.795. The Balaban J connectivity index is 2.05. The standard InChI is InChI=1S/C14H27N3O/c1-4-13(18)17-8-5-14(2,3)12(11-17)16-9-6-15-7-10-16/h12,15H,4-11H2,1-3H3. The number of hydrogen-bond acceptors (Lipinski definition) is 3. The molecule has 0 saturated carbocycles. The summed E-state index contributed by atoms with van der Waals surface area (Å²) in [6, 6.07) is 0.517. The molecule has 2 rings (SSSR count). The lowest BCUT2D eigenvalue weighted by atomic mass is 9.77. The summed E-state index contributed by atoms with van der Waals surface area (Å²) < 4.78 is 0. The van der Waals surface area contributed by atoms with E-state index in [1.165, 1.54) is 0 Å². The first-order valence-corrected chi connectivity index (χ1v) is 7.27. The van der Waals surface area contributed by atoms with Crippen LogP contribution in [0.3, 0.4) is 0 Å². The molecule has 0 aromatic heterocycles. The van der Waals surface area contributed by atoms with Gasteiger partial charge in [-0.1, -0.05) is 20.8 Å². The molecule has 0 aliphatic carbocycles. The molecule has 2 aliphatic heterocycles. The fourth-order valence-electron chi connectivity index (χ4n) is 3.19. The third kappa shape index (κ3) is 2.86. The van der Waals surface area contributed by atoms with Crippen molar-refractivity contribution in [2.45, 2.75) is 39.7 Å². The second kappa shape index (κ2) is 5.57. The molecule has 2 fully saturated rings. The van der Waals surface area contributed by atoms with Crippen LogP contribution >= 0.6 is 0 Å². The van der Waals surface area contributed by atoms with Crippen LogP contribution in [0.15, 0.2) is 0 Å². The Morgan fingerprint density at radius 3 is 2.56 bits per heavy atom. The van der Waals surface area contributed by atoms with Crippen LogP contribution < -0.4 is 5.32 Å². The third-order valence-electron chi connectivity index (χ3n) is 4.57. The summed E-state index contributed by atoms with van der Waals surface area (Å²) >= 11 is 0. The number of amides is 1. The predicted octanol–water partition coefficient (Wildman–Crippen LogP) is 0.929. The number of piperidine rings is 1. The van der Waals surface area contributed by atoms with Gasteiger partial charge in [0.15, 0.2) is 0 Å². The molecule has 0 radical (unpaired) electrons. The highest BCUT2D eigenvalue weighted by molar-refractivity contribution is 5.76. The van der Waals surface area contributed by atoms with Crippen LogP contribution in [-0.2, 0) is 4.79 Å². The second-order valence-corrected chi connectivity index (χ2v) is 6.23. The van der Waals surface area contributed by atoms with E-state index in [1.54, 1.807) is 0 Å². The van der Waals surface area contributed by atoms with E-state index in [-0.39, 0.29) is 0 Å². The van der Waals surface area contributed by atoms with E-state index in [4.69, 9.17) is 0 Å². The average molecular weight is 253 g/mol. The van der Waals surface area contributed by atoms with Crippen molar-refractivity contribution in [2.24, 2.45) is 5.41 Å². The number of likely N-dealkylation sites (tertiary alicyclic amines) is 1. The Morgan fingerprint density at radius 1 is 1.28 bits per heavy atom. The Hall–Kier alpha value is -0.610. The lowest BCUT2D eigenvalue weighted by Gasteiger charge is -2.50. The molecule has 4 heteroatoms. The average Bonchev–Trinajstić information content (AvgIpc) is 2.38. The molecule has 2 heterocycles. The van der Waals surface area contributed by atoms with Gasteiger partial charge in [-0.3, -0.25) is 9.69 Å². The normalized spacial score (nSPS) is 29.3. The third-order valence-corrected chi connectivity index (χ3v) is 4.57. The summed E-state index contributed by atoms with van der Waals surface area (Å²) in [6.45, 7) is 12.9. The van der Waals surface area contributed by atoms with Crippen LogP contribution in [0.25, 0.3) is 0 Å². The Kier molecular flexibility index (Phi) is 4.28. The van der Waals surface area contributed by atoms with Gasteiger partial charge in [0.1, 0.15) is 0 Å². The largest absolute Gasteiger partial charge is 0.341 e. The molecule has 0 bridgehead atoms. The highest BCUT2D eigenvalue weighted by Crippen LogP contribution is 2.34. The van der Waals surface area contributed by atoms with Crippen molar-refractivity contribution in [3.8, 4) is 0 Å². The number of piperazine rings is 1. The number of carbonyl (C=O) groups is 1. The maximum absolute atomic E-state index is 11.9. The van der Waals surface area contributed by atoms with E-state index in [0.717, 1.165) is 45.7 Å². The number of nitrogens with zero attached hydrogens (tertiary/aromatic N) is 2. The highest BCUT2D eigenvalue weighted by atomic mass is 16.2. The van der Waals surface area contributed by atoms with E-state index in [9.17, 15) is 4.79 Å². The number of hydrogen-bond donors (Lipinski definition) is 1. The van der Waals surface area contributed by atoms with Crippen molar-refractivity contribution in [1.29, 1.82) is 0 Å². The zero-order chi connectivity index (χ0) is 13.2. The molecule has 1 unspecified atom stereocenters. The molecule has 2 saturated heterocycles. The highest BCUT2D eigenvalue weighted by Gasteiger charge is 2.40. The minimum absolute atomic E-state index is 0.311. The van der Waals surface area contributed by atoms with Crippen LogP contribution in [0.2, 0.25) is 0 Å². The van der Waals surface area contributed by atoms with E-state index >= 15 is 0 Å². The molecule has 1 atom stereocenters. The van der Waals surface area contributed by atoms with Crippen LogP contribution in [-0.4, -0.2) is 61.0 Å². The minimum Gasteiger partial charge on any atom is -0.341 e. The summed E-state index contributed by atoms with van der Waals surface area (Å²) in [6.07, 6.45) is 1.75. The molecule has 1 amide bonds. The van der Waals surface area contributed by atoms with Crippen LogP contribution in [0.4, 0.5) is 0 Å². The number of carbonyl (C=O) groups excluding carboxylic acids is 1. The van der Waals surface area contributed by atoms with Gasteiger partial charge < -0.3 is 10.2 Å². The molecule has 1 N–H and O–H groups in total. The molecule has 2 aliphatic rings. The van der Waals surface area contributed by atoms with Gasteiger partial charge in [0.05, 0.1) is 0 Å².